The minimum atomic E-state index is -0.761. The van der Waals surface area contributed by atoms with E-state index in [1.165, 1.54) is 0 Å². The van der Waals surface area contributed by atoms with Gasteiger partial charge in [-0.3, -0.25) is 0 Å². The number of H-pyrrole nitrogens is 1. The summed E-state index contributed by atoms with van der Waals surface area (Å²) in [6.07, 6.45) is 0. The fraction of sp³-hybridized carbons (Fsp3) is 0.192. The molecule has 0 spiro atoms. The third-order valence-electron chi connectivity index (χ3n) is 5.94. The monoisotopic (exact) mass is 456 g/mol. The first-order valence-corrected chi connectivity index (χ1v) is 11.0. The number of nitrogens with one attached hydrogen (secondary N) is 3. The molecule has 0 radical (unpaired) electrons. The number of nitrogens with zero attached hydrogens (tertiary/aromatic N) is 1. The van der Waals surface area contributed by atoms with E-state index >= 15 is 0 Å². The van der Waals surface area contributed by atoms with Crippen molar-refractivity contribution in [3.8, 4) is 17.0 Å². The number of methoxy groups -OCH3 is 1. The average molecular weight is 457 g/mol. The van der Waals surface area contributed by atoms with E-state index in [2.05, 4.69) is 15.6 Å². The Bertz CT molecular complexity index is 1450. The number of esters is 1. The van der Waals surface area contributed by atoms with Crippen LogP contribution in [0.25, 0.3) is 33.1 Å². The second-order valence-electron chi connectivity index (χ2n) is 8.01. The first-order valence-electron chi connectivity index (χ1n) is 11.0. The highest BCUT2D eigenvalue weighted by molar-refractivity contribution is 6.11. The maximum atomic E-state index is 12.8. The number of pyridine rings is 1. The number of carbonyl (C=O) groups excluding carboxylic acids is 2. The molecule has 0 saturated carbocycles. The van der Waals surface area contributed by atoms with E-state index in [-0.39, 0.29) is 6.61 Å². The average Bonchev–Trinajstić information content (AvgIpc) is 3.22. The van der Waals surface area contributed by atoms with Crippen LogP contribution < -0.4 is 15.4 Å². The SMILES string of the molecule is CCOC(=O)C1=C(C)NC(=O)NC1c1cc2c([nH]c3ccccc32)c(-c2ccc(OC)cc2)n1. The molecular formula is C26H24N4O4. The number of urea groups is 1. The molecule has 2 amide bonds. The summed E-state index contributed by atoms with van der Waals surface area (Å²) in [6, 6.07) is 16.4. The van der Waals surface area contributed by atoms with Gasteiger partial charge in [0.1, 0.15) is 11.8 Å². The predicted octanol–water partition coefficient (Wildman–Crippen LogP) is 4.58. The highest BCUT2D eigenvalue weighted by Gasteiger charge is 2.34. The number of amides is 2. The molecule has 8 heteroatoms. The van der Waals surface area contributed by atoms with Crippen molar-refractivity contribution in [2.24, 2.45) is 0 Å². The summed E-state index contributed by atoms with van der Waals surface area (Å²) in [5.41, 5.74) is 4.73. The topological polar surface area (TPSA) is 105 Å². The van der Waals surface area contributed by atoms with Gasteiger partial charge in [0.15, 0.2) is 0 Å². The fourth-order valence-corrected chi connectivity index (χ4v) is 4.37. The van der Waals surface area contributed by atoms with E-state index in [0.717, 1.165) is 33.1 Å². The van der Waals surface area contributed by atoms with Crippen molar-refractivity contribution in [2.45, 2.75) is 19.9 Å². The second kappa shape index (κ2) is 8.55. The number of ether oxygens (including phenoxy) is 2. The molecule has 0 fully saturated rings. The molecule has 3 heterocycles. The van der Waals surface area contributed by atoms with Gasteiger partial charge in [-0.05, 0) is 50.2 Å². The van der Waals surface area contributed by atoms with Crippen LogP contribution in [0.15, 0.2) is 65.9 Å². The molecule has 3 N–H and O–H groups in total. The van der Waals surface area contributed by atoms with E-state index < -0.39 is 18.0 Å². The van der Waals surface area contributed by atoms with E-state index in [1.54, 1.807) is 21.0 Å². The van der Waals surface area contributed by atoms with Gasteiger partial charge >= 0.3 is 12.0 Å². The predicted molar refractivity (Wildman–Crippen MR) is 129 cm³/mol. The fourth-order valence-electron chi connectivity index (χ4n) is 4.37. The molecule has 1 unspecified atom stereocenters. The summed E-state index contributed by atoms with van der Waals surface area (Å²) in [4.78, 5) is 33.6. The number of hydrogen-bond acceptors (Lipinski definition) is 5. The summed E-state index contributed by atoms with van der Waals surface area (Å²) in [5.74, 6) is 0.242. The van der Waals surface area contributed by atoms with Crippen molar-refractivity contribution in [2.75, 3.05) is 13.7 Å². The number of fused-ring (bicyclic) bond motifs is 3. The van der Waals surface area contributed by atoms with Crippen molar-refractivity contribution in [1.29, 1.82) is 0 Å². The summed E-state index contributed by atoms with van der Waals surface area (Å²) < 4.78 is 10.6. The number of hydrogen-bond donors (Lipinski definition) is 3. The number of aromatic nitrogens is 2. The molecular weight excluding hydrogens is 432 g/mol. The van der Waals surface area contributed by atoms with Gasteiger partial charge in [0.05, 0.1) is 36.2 Å². The van der Waals surface area contributed by atoms with Crippen LogP contribution in [-0.4, -0.2) is 35.7 Å². The highest BCUT2D eigenvalue weighted by atomic mass is 16.5. The molecule has 1 aliphatic heterocycles. The first-order chi connectivity index (χ1) is 16.5. The first kappa shape index (κ1) is 21.5. The van der Waals surface area contributed by atoms with E-state index in [1.807, 2.05) is 54.6 Å². The van der Waals surface area contributed by atoms with Crippen LogP contribution >= 0.6 is 0 Å². The number of rotatable bonds is 5. The van der Waals surface area contributed by atoms with E-state index in [0.29, 0.717) is 22.7 Å². The van der Waals surface area contributed by atoms with Crippen LogP contribution in [0.1, 0.15) is 25.6 Å². The number of para-hydroxylation sites is 1. The summed E-state index contributed by atoms with van der Waals surface area (Å²) >= 11 is 0. The van der Waals surface area contributed by atoms with Crippen LogP contribution in [0.5, 0.6) is 5.75 Å². The van der Waals surface area contributed by atoms with Gasteiger partial charge in [0.2, 0.25) is 0 Å². The van der Waals surface area contributed by atoms with E-state index in [4.69, 9.17) is 14.5 Å². The largest absolute Gasteiger partial charge is 0.497 e. The summed E-state index contributed by atoms with van der Waals surface area (Å²) in [5, 5.41) is 7.49. The third kappa shape index (κ3) is 3.63. The van der Waals surface area contributed by atoms with Crippen LogP contribution in [0, 0.1) is 0 Å². The number of allylic oxidation sites excluding steroid dienone is 1. The molecule has 0 bridgehead atoms. The standard InChI is InChI=1S/C26H24N4O4/c1-4-34-25(31)21-14(2)27-26(32)30-24(21)20-13-18-17-7-5-6-8-19(17)28-23(18)22(29-20)15-9-11-16(33-3)12-10-15/h5-13,24,28H,4H2,1-3H3,(H2,27,30,32). The summed E-state index contributed by atoms with van der Waals surface area (Å²) in [6.45, 7) is 3.66. The molecule has 172 valence electrons. The maximum Gasteiger partial charge on any atom is 0.338 e. The lowest BCUT2D eigenvalue weighted by Crippen LogP contribution is -2.45. The quantitative estimate of drug-likeness (QED) is 0.381. The van der Waals surface area contributed by atoms with Crippen molar-refractivity contribution in [3.05, 3.63) is 71.6 Å². The lowest BCUT2D eigenvalue weighted by atomic mass is 9.97. The molecule has 5 rings (SSSR count). The van der Waals surface area contributed by atoms with Crippen molar-refractivity contribution in [3.63, 3.8) is 0 Å². The number of carbonyl (C=O) groups is 2. The summed E-state index contributed by atoms with van der Waals surface area (Å²) in [7, 11) is 1.62. The molecule has 2 aromatic heterocycles. The number of benzene rings is 2. The smallest absolute Gasteiger partial charge is 0.338 e. The number of aromatic amines is 1. The van der Waals surface area contributed by atoms with Gasteiger partial charge < -0.3 is 25.1 Å². The van der Waals surface area contributed by atoms with Gasteiger partial charge in [-0.15, -0.1) is 0 Å². The van der Waals surface area contributed by atoms with Gasteiger partial charge in [-0.1, -0.05) is 18.2 Å². The Balaban J connectivity index is 1.77. The minimum absolute atomic E-state index is 0.224. The van der Waals surface area contributed by atoms with Crippen LogP contribution in [0.3, 0.4) is 0 Å². The van der Waals surface area contributed by atoms with Crippen LogP contribution in [0.2, 0.25) is 0 Å². The van der Waals surface area contributed by atoms with Gasteiger partial charge in [0.25, 0.3) is 0 Å². The molecule has 34 heavy (non-hydrogen) atoms. The maximum absolute atomic E-state index is 12.8. The Labute approximate surface area is 196 Å². The third-order valence-corrected chi connectivity index (χ3v) is 5.94. The molecule has 2 aromatic carbocycles. The zero-order chi connectivity index (χ0) is 23.8. The van der Waals surface area contributed by atoms with Gasteiger partial charge in [-0.25, -0.2) is 14.6 Å². The lowest BCUT2D eigenvalue weighted by Gasteiger charge is -2.27. The van der Waals surface area contributed by atoms with Crippen molar-refractivity contribution < 1.29 is 19.1 Å². The molecule has 0 saturated heterocycles. The van der Waals surface area contributed by atoms with Crippen molar-refractivity contribution >= 4 is 33.8 Å². The Hall–Kier alpha value is -4.33. The lowest BCUT2D eigenvalue weighted by molar-refractivity contribution is -0.139. The van der Waals surface area contributed by atoms with Gasteiger partial charge in [-0.2, -0.15) is 0 Å². The zero-order valence-electron chi connectivity index (χ0n) is 19.1. The molecule has 4 aromatic rings. The van der Waals surface area contributed by atoms with Crippen LogP contribution in [-0.2, 0) is 9.53 Å². The molecule has 0 aliphatic carbocycles. The normalized spacial score (nSPS) is 15.9. The Morgan fingerprint density at radius 3 is 2.59 bits per heavy atom. The zero-order valence-corrected chi connectivity index (χ0v) is 19.1. The Kier molecular flexibility index (Phi) is 5.41. The van der Waals surface area contributed by atoms with Crippen LogP contribution in [0.4, 0.5) is 4.79 Å². The molecule has 1 aliphatic rings. The highest BCUT2D eigenvalue weighted by Crippen LogP contribution is 2.36. The van der Waals surface area contributed by atoms with E-state index in [9.17, 15) is 9.59 Å². The molecule has 1 atom stereocenters. The second-order valence-corrected chi connectivity index (χ2v) is 8.01. The minimum Gasteiger partial charge on any atom is -0.497 e. The molecule has 8 nitrogen and oxygen atoms in total. The Morgan fingerprint density at radius 1 is 1.09 bits per heavy atom. The van der Waals surface area contributed by atoms with Gasteiger partial charge in [0, 0.05) is 27.5 Å². The Morgan fingerprint density at radius 2 is 1.85 bits per heavy atom. The van der Waals surface area contributed by atoms with Crippen molar-refractivity contribution in [1.82, 2.24) is 20.6 Å².